The van der Waals surface area contributed by atoms with Gasteiger partial charge in [-0.1, -0.05) is 15.9 Å². The number of primary amides is 1. The Balaban J connectivity index is 2.03. The van der Waals surface area contributed by atoms with Crippen LogP contribution in [0.1, 0.15) is 12.0 Å². The highest BCUT2D eigenvalue weighted by atomic mass is 79.9. The Bertz CT molecular complexity index is 574. The van der Waals surface area contributed by atoms with Gasteiger partial charge in [-0.05, 0) is 30.7 Å². The number of halogens is 2. The predicted molar refractivity (Wildman–Crippen MR) is 77.0 cm³/mol. The first-order valence-corrected chi connectivity index (χ1v) is 6.98. The van der Waals surface area contributed by atoms with Crippen LogP contribution < -0.4 is 5.73 Å². The van der Waals surface area contributed by atoms with E-state index in [1.165, 1.54) is 18.2 Å². The number of carbonyl (C=O) groups is 2. The maximum atomic E-state index is 13.5. The van der Waals surface area contributed by atoms with Crippen molar-refractivity contribution < 1.29 is 14.0 Å². The minimum atomic E-state index is -0.395. The van der Waals surface area contributed by atoms with Gasteiger partial charge in [0, 0.05) is 29.2 Å². The molecule has 0 aromatic heterocycles. The summed E-state index contributed by atoms with van der Waals surface area (Å²) in [6.45, 7) is 0.831. The third-order valence-electron chi connectivity index (χ3n) is 3.27. The summed E-state index contributed by atoms with van der Waals surface area (Å²) in [5.74, 6) is -1.31. The van der Waals surface area contributed by atoms with E-state index in [0.717, 1.165) is 4.47 Å². The first kappa shape index (κ1) is 14.7. The van der Waals surface area contributed by atoms with E-state index in [0.29, 0.717) is 25.1 Å². The minimum Gasteiger partial charge on any atom is -0.369 e. The molecule has 1 aromatic carbocycles. The van der Waals surface area contributed by atoms with Gasteiger partial charge in [-0.2, -0.15) is 0 Å². The van der Waals surface area contributed by atoms with Crippen molar-refractivity contribution in [2.45, 2.75) is 6.42 Å². The van der Waals surface area contributed by atoms with Crippen LogP contribution in [0, 0.1) is 11.7 Å². The highest BCUT2D eigenvalue weighted by Crippen LogP contribution is 2.18. The van der Waals surface area contributed by atoms with Crippen molar-refractivity contribution in [2.24, 2.45) is 11.7 Å². The second kappa shape index (κ2) is 6.17. The Kier molecular flexibility index (Phi) is 4.54. The summed E-state index contributed by atoms with van der Waals surface area (Å²) in [5.41, 5.74) is 5.54. The number of nitrogens with two attached hydrogens (primary N) is 1. The van der Waals surface area contributed by atoms with Crippen LogP contribution in [0.2, 0.25) is 0 Å². The smallest absolute Gasteiger partial charge is 0.246 e. The molecule has 1 atom stereocenters. The first-order valence-electron chi connectivity index (χ1n) is 6.18. The predicted octanol–water partition coefficient (Wildman–Crippen LogP) is 1.94. The molecule has 0 aliphatic carbocycles. The lowest BCUT2D eigenvalue weighted by Gasteiger charge is -2.13. The van der Waals surface area contributed by atoms with E-state index in [1.807, 2.05) is 0 Å². The Morgan fingerprint density at radius 1 is 1.45 bits per heavy atom. The third kappa shape index (κ3) is 3.45. The van der Waals surface area contributed by atoms with Crippen LogP contribution in [0.3, 0.4) is 0 Å². The van der Waals surface area contributed by atoms with Gasteiger partial charge >= 0.3 is 0 Å². The normalized spacial score (nSPS) is 18.7. The highest BCUT2D eigenvalue weighted by molar-refractivity contribution is 9.10. The van der Waals surface area contributed by atoms with Crippen molar-refractivity contribution in [3.63, 3.8) is 0 Å². The van der Waals surface area contributed by atoms with E-state index in [-0.39, 0.29) is 17.7 Å². The maximum absolute atomic E-state index is 13.5. The number of carbonyl (C=O) groups excluding carboxylic acids is 2. The summed E-state index contributed by atoms with van der Waals surface area (Å²) in [4.78, 5) is 24.5. The SMILES string of the molecule is NC(=O)C1CCN(C(=O)/C=C/c2cc(Br)ccc2F)C1. The molecule has 0 bridgehead atoms. The fraction of sp³-hybridized carbons (Fsp3) is 0.286. The summed E-state index contributed by atoms with van der Waals surface area (Å²) < 4.78 is 14.2. The molecule has 4 nitrogen and oxygen atoms in total. The highest BCUT2D eigenvalue weighted by Gasteiger charge is 2.28. The molecular weight excluding hydrogens is 327 g/mol. The standard InChI is InChI=1S/C14H14BrFN2O2/c15-11-2-3-12(16)9(7-11)1-4-13(19)18-6-5-10(8-18)14(17)20/h1-4,7,10H,5-6,8H2,(H2,17,20)/b4-1+. The number of hydrogen-bond donors (Lipinski definition) is 1. The Morgan fingerprint density at radius 3 is 2.85 bits per heavy atom. The third-order valence-corrected chi connectivity index (χ3v) is 3.76. The molecule has 106 valence electrons. The zero-order valence-electron chi connectivity index (χ0n) is 10.7. The molecule has 20 heavy (non-hydrogen) atoms. The minimum absolute atomic E-state index is 0.242. The van der Waals surface area contributed by atoms with Crippen molar-refractivity contribution in [1.29, 1.82) is 0 Å². The largest absolute Gasteiger partial charge is 0.369 e. The number of nitrogens with zero attached hydrogens (tertiary/aromatic N) is 1. The molecule has 2 amide bonds. The fourth-order valence-electron chi connectivity index (χ4n) is 2.10. The van der Waals surface area contributed by atoms with Crippen molar-refractivity contribution in [3.8, 4) is 0 Å². The Morgan fingerprint density at radius 2 is 2.20 bits per heavy atom. The Hall–Kier alpha value is -1.69. The molecular formula is C14H14BrFN2O2. The quantitative estimate of drug-likeness (QED) is 0.854. The summed E-state index contributed by atoms with van der Waals surface area (Å²) in [5, 5.41) is 0. The van der Waals surface area contributed by atoms with Gasteiger partial charge in [-0.15, -0.1) is 0 Å². The number of rotatable bonds is 3. The lowest BCUT2D eigenvalue weighted by molar-refractivity contribution is -0.125. The zero-order chi connectivity index (χ0) is 14.7. The second-order valence-electron chi connectivity index (χ2n) is 4.67. The average Bonchev–Trinajstić information content (AvgIpc) is 2.89. The Labute approximate surface area is 124 Å². The summed E-state index contributed by atoms with van der Waals surface area (Å²) >= 11 is 3.25. The molecule has 1 aliphatic rings. The van der Waals surface area contributed by atoms with Gasteiger partial charge in [-0.3, -0.25) is 9.59 Å². The monoisotopic (exact) mass is 340 g/mol. The van der Waals surface area contributed by atoms with Gasteiger partial charge in [-0.25, -0.2) is 4.39 Å². The van der Waals surface area contributed by atoms with E-state index in [4.69, 9.17) is 5.73 Å². The van der Waals surface area contributed by atoms with E-state index in [9.17, 15) is 14.0 Å². The zero-order valence-corrected chi connectivity index (χ0v) is 12.3. The molecule has 1 aliphatic heterocycles. The summed E-state index contributed by atoms with van der Waals surface area (Å²) in [7, 11) is 0. The molecule has 1 aromatic rings. The topological polar surface area (TPSA) is 63.4 Å². The van der Waals surface area contributed by atoms with Gasteiger partial charge < -0.3 is 10.6 Å². The van der Waals surface area contributed by atoms with Crippen molar-refractivity contribution in [3.05, 3.63) is 40.1 Å². The second-order valence-corrected chi connectivity index (χ2v) is 5.59. The molecule has 0 radical (unpaired) electrons. The van der Waals surface area contributed by atoms with E-state index in [1.54, 1.807) is 17.0 Å². The van der Waals surface area contributed by atoms with Crippen LogP contribution in [0.25, 0.3) is 6.08 Å². The number of amides is 2. The molecule has 2 rings (SSSR count). The van der Waals surface area contributed by atoms with Crippen LogP contribution in [0.4, 0.5) is 4.39 Å². The van der Waals surface area contributed by atoms with Gasteiger partial charge in [0.1, 0.15) is 5.82 Å². The molecule has 1 fully saturated rings. The molecule has 0 spiro atoms. The molecule has 1 saturated heterocycles. The molecule has 1 heterocycles. The molecule has 0 saturated carbocycles. The summed E-state index contributed by atoms with van der Waals surface area (Å²) in [6, 6.07) is 4.51. The average molecular weight is 341 g/mol. The number of likely N-dealkylation sites (tertiary alicyclic amines) is 1. The van der Waals surface area contributed by atoms with Gasteiger partial charge in [0.05, 0.1) is 5.92 Å². The number of benzene rings is 1. The van der Waals surface area contributed by atoms with E-state index < -0.39 is 5.82 Å². The maximum Gasteiger partial charge on any atom is 0.246 e. The fourth-order valence-corrected chi connectivity index (χ4v) is 2.48. The van der Waals surface area contributed by atoms with Crippen LogP contribution in [-0.2, 0) is 9.59 Å². The molecule has 6 heteroatoms. The van der Waals surface area contributed by atoms with Gasteiger partial charge in [0.2, 0.25) is 11.8 Å². The number of hydrogen-bond acceptors (Lipinski definition) is 2. The van der Waals surface area contributed by atoms with Crippen LogP contribution in [-0.4, -0.2) is 29.8 Å². The van der Waals surface area contributed by atoms with E-state index >= 15 is 0 Å². The van der Waals surface area contributed by atoms with Crippen molar-refractivity contribution in [1.82, 2.24) is 4.90 Å². The van der Waals surface area contributed by atoms with Crippen LogP contribution in [0.5, 0.6) is 0 Å². The van der Waals surface area contributed by atoms with Crippen molar-refractivity contribution >= 4 is 33.8 Å². The van der Waals surface area contributed by atoms with Gasteiger partial charge in [0.25, 0.3) is 0 Å². The molecule has 2 N–H and O–H groups in total. The first-order chi connectivity index (χ1) is 9.47. The van der Waals surface area contributed by atoms with E-state index in [2.05, 4.69) is 15.9 Å². The lowest BCUT2D eigenvalue weighted by atomic mass is 10.1. The molecule has 1 unspecified atom stereocenters. The lowest BCUT2D eigenvalue weighted by Crippen LogP contribution is -2.30. The summed E-state index contributed by atoms with van der Waals surface area (Å²) in [6.07, 6.45) is 3.33. The van der Waals surface area contributed by atoms with Crippen LogP contribution >= 0.6 is 15.9 Å². The van der Waals surface area contributed by atoms with Gasteiger partial charge in [0.15, 0.2) is 0 Å². The van der Waals surface area contributed by atoms with Crippen LogP contribution in [0.15, 0.2) is 28.7 Å². The van der Waals surface area contributed by atoms with Crippen molar-refractivity contribution in [2.75, 3.05) is 13.1 Å².